The van der Waals surface area contributed by atoms with E-state index >= 15 is 0 Å². The quantitative estimate of drug-likeness (QED) is 0.396. The van der Waals surface area contributed by atoms with Gasteiger partial charge in [0.2, 0.25) is 0 Å². The molecule has 0 bridgehead atoms. The number of aliphatic carboxylic acids is 1. The molecule has 0 aliphatic carbocycles. The third kappa shape index (κ3) is 9.69. The molecule has 4 heteroatoms. The zero-order chi connectivity index (χ0) is 11.9. The van der Waals surface area contributed by atoms with Crippen molar-refractivity contribution in [2.24, 2.45) is 0 Å². The van der Waals surface area contributed by atoms with E-state index in [2.05, 4.69) is 26.2 Å². The Balaban J connectivity index is 3.33. The zero-order valence-electron chi connectivity index (χ0n) is 10.0. The van der Waals surface area contributed by atoms with Gasteiger partial charge in [-0.3, -0.25) is 0 Å². The van der Waals surface area contributed by atoms with E-state index in [1.807, 2.05) is 0 Å². The lowest BCUT2D eigenvalue weighted by Gasteiger charge is -2.16. The maximum Gasteiger partial charge on any atom is 0.330 e. The van der Waals surface area contributed by atoms with Crippen LogP contribution in [0.2, 0.25) is 19.6 Å². The van der Waals surface area contributed by atoms with Crippen LogP contribution >= 0.6 is 0 Å². The minimum atomic E-state index is -1.37. The van der Waals surface area contributed by atoms with Crippen LogP contribution in [0.25, 0.3) is 0 Å². The molecule has 0 spiro atoms. The second kappa shape index (κ2) is 6.79. The summed E-state index contributed by atoms with van der Waals surface area (Å²) >= 11 is 0. The topological polar surface area (TPSA) is 46.5 Å². The summed E-state index contributed by atoms with van der Waals surface area (Å²) in [5, 5.41) is 8.57. The standard InChI is InChI=1S/C11H22O3Si/c1-10(11(12)13)8-6-5-7-9-14-15(2,3)4/h1,5-9H2,2-4H3,(H,12,13). The van der Waals surface area contributed by atoms with E-state index in [0.717, 1.165) is 25.9 Å². The van der Waals surface area contributed by atoms with E-state index in [1.165, 1.54) is 0 Å². The van der Waals surface area contributed by atoms with Crippen molar-refractivity contribution < 1.29 is 14.3 Å². The van der Waals surface area contributed by atoms with Crippen molar-refractivity contribution in [2.45, 2.75) is 45.3 Å². The van der Waals surface area contributed by atoms with Crippen LogP contribution < -0.4 is 0 Å². The first-order chi connectivity index (χ1) is 6.83. The van der Waals surface area contributed by atoms with Crippen molar-refractivity contribution in [3.63, 3.8) is 0 Å². The van der Waals surface area contributed by atoms with Crippen LogP contribution in [-0.2, 0) is 9.22 Å². The Hall–Kier alpha value is -0.613. The first kappa shape index (κ1) is 14.4. The van der Waals surface area contributed by atoms with Gasteiger partial charge in [-0.05, 0) is 38.9 Å². The lowest BCUT2D eigenvalue weighted by atomic mass is 10.1. The third-order valence-corrected chi connectivity index (χ3v) is 3.03. The number of hydrogen-bond donors (Lipinski definition) is 1. The molecule has 0 aromatic heterocycles. The number of carboxylic acids is 1. The molecule has 3 nitrogen and oxygen atoms in total. The number of unbranched alkanes of at least 4 members (excludes halogenated alkanes) is 2. The van der Waals surface area contributed by atoms with Gasteiger partial charge in [0.25, 0.3) is 0 Å². The van der Waals surface area contributed by atoms with Gasteiger partial charge >= 0.3 is 5.97 Å². The van der Waals surface area contributed by atoms with Crippen LogP contribution in [-0.4, -0.2) is 26.0 Å². The lowest BCUT2D eigenvalue weighted by molar-refractivity contribution is -0.132. The molecule has 0 aliphatic rings. The highest BCUT2D eigenvalue weighted by Crippen LogP contribution is 2.09. The van der Waals surface area contributed by atoms with Gasteiger partial charge in [0.1, 0.15) is 0 Å². The SMILES string of the molecule is C=C(CCCCCO[Si](C)(C)C)C(=O)O. The Bertz CT molecular complexity index is 218. The van der Waals surface area contributed by atoms with Crippen LogP contribution in [0.15, 0.2) is 12.2 Å². The monoisotopic (exact) mass is 230 g/mol. The maximum absolute atomic E-state index is 10.4. The molecule has 0 aliphatic heterocycles. The largest absolute Gasteiger partial charge is 0.478 e. The van der Waals surface area contributed by atoms with Gasteiger partial charge in [-0.1, -0.05) is 13.0 Å². The summed E-state index contributed by atoms with van der Waals surface area (Å²) < 4.78 is 5.68. The Morgan fingerprint density at radius 1 is 1.27 bits per heavy atom. The van der Waals surface area contributed by atoms with E-state index in [1.54, 1.807) is 0 Å². The van der Waals surface area contributed by atoms with E-state index < -0.39 is 14.3 Å². The lowest BCUT2D eigenvalue weighted by Crippen LogP contribution is -2.25. The molecule has 0 saturated carbocycles. The van der Waals surface area contributed by atoms with Gasteiger partial charge in [0.15, 0.2) is 8.32 Å². The van der Waals surface area contributed by atoms with Crippen molar-refractivity contribution in [3.8, 4) is 0 Å². The van der Waals surface area contributed by atoms with Crippen LogP contribution in [0, 0.1) is 0 Å². The Kier molecular flexibility index (Phi) is 6.52. The van der Waals surface area contributed by atoms with E-state index in [0.29, 0.717) is 12.0 Å². The van der Waals surface area contributed by atoms with Crippen molar-refractivity contribution in [3.05, 3.63) is 12.2 Å². The molecule has 0 amide bonds. The molecule has 0 fully saturated rings. The fourth-order valence-electron chi connectivity index (χ4n) is 1.10. The fourth-order valence-corrected chi connectivity index (χ4v) is 1.86. The molecule has 15 heavy (non-hydrogen) atoms. The summed E-state index contributed by atoms with van der Waals surface area (Å²) in [5.74, 6) is -0.881. The number of hydrogen-bond acceptors (Lipinski definition) is 2. The van der Waals surface area contributed by atoms with Crippen LogP contribution in [0.3, 0.4) is 0 Å². The van der Waals surface area contributed by atoms with Gasteiger partial charge in [0, 0.05) is 12.2 Å². The van der Waals surface area contributed by atoms with Gasteiger partial charge in [-0.15, -0.1) is 0 Å². The normalized spacial score (nSPS) is 11.4. The molecular weight excluding hydrogens is 208 g/mol. The number of rotatable bonds is 8. The number of carboxylic acid groups (broad SMARTS) is 1. The van der Waals surface area contributed by atoms with E-state index in [9.17, 15) is 4.79 Å². The Morgan fingerprint density at radius 3 is 2.33 bits per heavy atom. The minimum absolute atomic E-state index is 0.307. The molecule has 0 aromatic rings. The third-order valence-electron chi connectivity index (χ3n) is 1.96. The summed E-state index contributed by atoms with van der Waals surface area (Å²) in [6.45, 7) is 10.8. The highest BCUT2D eigenvalue weighted by atomic mass is 28.4. The molecule has 0 aromatic carbocycles. The summed E-state index contributed by atoms with van der Waals surface area (Å²) in [5.41, 5.74) is 0.307. The maximum atomic E-state index is 10.4. The van der Waals surface area contributed by atoms with Crippen LogP contribution in [0.5, 0.6) is 0 Å². The molecule has 0 heterocycles. The molecule has 1 N–H and O–H groups in total. The summed E-state index contributed by atoms with van der Waals surface area (Å²) in [7, 11) is -1.37. The molecule has 88 valence electrons. The molecule has 0 radical (unpaired) electrons. The van der Waals surface area contributed by atoms with Crippen molar-refractivity contribution in [2.75, 3.05) is 6.61 Å². The highest BCUT2D eigenvalue weighted by Gasteiger charge is 2.12. The second-order valence-corrected chi connectivity index (χ2v) is 9.19. The van der Waals surface area contributed by atoms with Crippen molar-refractivity contribution in [1.29, 1.82) is 0 Å². The fraction of sp³-hybridized carbons (Fsp3) is 0.727. The molecule has 0 atom stereocenters. The molecule has 0 rings (SSSR count). The second-order valence-electron chi connectivity index (χ2n) is 4.68. The van der Waals surface area contributed by atoms with Crippen molar-refractivity contribution >= 4 is 14.3 Å². The van der Waals surface area contributed by atoms with Crippen molar-refractivity contribution in [1.82, 2.24) is 0 Å². The Labute approximate surface area is 93.3 Å². The molecule has 0 unspecified atom stereocenters. The van der Waals surface area contributed by atoms with Crippen LogP contribution in [0.4, 0.5) is 0 Å². The van der Waals surface area contributed by atoms with Gasteiger partial charge in [-0.25, -0.2) is 4.79 Å². The molecule has 0 saturated heterocycles. The molecular formula is C11H22O3Si. The summed E-state index contributed by atoms with van der Waals surface area (Å²) in [6.07, 6.45) is 3.50. The number of carbonyl (C=O) groups is 1. The van der Waals surface area contributed by atoms with Gasteiger partial charge in [0.05, 0.1) is 0 Å². The Morgan fingerprint density at radius 2 is 1.87 bits per heavy atom. The highest BCUT2D eigenvalue weighted by molar-refractivity contribution is 6.69. The minimum Gasteiger partial charge on any atom is -0.478 e. The summed E-state index contributed by atoms with van der Waals surface area (Å²) in [4.78, 5) is 10.4. The predicted molar refractivity (Wildman–Crippen MR) is 64.5 cm³/mol. The summed E-state index contributed by atoms with van der Waals surface area (Å²) in [6, 6.07) is 0. The average molecular weight is 230 g/mol. The van der Waals surface area contributed by atoms with Gasteiger partial charge < -0.3 is 9.53 Å². The average Bonchev–Trinajstić information content (AvgIpc) is 2.08. The first-order valence-corrected chi connectivity index (χ1v) is 8.79. The predicted octanol–water partition coefficient (Wildman–Crippen LogP) is 3.04. The van der Waals surface area contributed by atoms with E-state index in [4.69, 9.17) is 9.53 Å². The van der Waals surface area contributed by atoms with Gasteiger partial charge in [-0.2, -0.15) is 0 Å². The zero-order valence-corrected chi connectivity index (χ0v) is 11.0. The smallest absolute Gasteiger partial charge is 0.330 e. The first-order valence-electron chi connectivity index (χ1n) is 5.38. The van der Waals surface area contributed by atoms with E-state index in [-0.39, 0.29) is 0 Å². The van der Waals surface area contributed by atoms with Crippen LogP contribution in [0.1, 0.15) is 25.7 Å².